The molecule has 2 aromatic rings. The molecule has 1 unspecified atom stereocenters. The number of benzene rings is 2. The van der Waals surface area contributed by atoms with E-state index in [4.69, 9.17) is 4.74 Å². The van der Waals surface area contributed by atoms with E-state index in [9.17, 15) is 18.8 Å². The van der Waals surface area contributed by atoms with Gasteiger partial charge >= 0.3 is 0 Å². The van der Waals surface area contributed by atoms with Crippen LogP contribution in [0.1, 0.15) is 21.8 Å². The molecule has 0 saturated heterocycles. The largest absolute Gasteiger partial charge is 0.496 e. The summed E-state index contributed by atoms with van der Waals surface area (Å²) in [7, 11) is 1.31. The summed E-state index contributed by atoms with van der Waals surface area (Å²) in [6.45, 7) is 0. The van der Waals surface area contributed by atoms with Crippen molar-refractivity contribution in [3.63, 3.8) is 0 Å². The summed E-state index contributed by atoms with van der Waals surface area (Å²) in [6, 6.07) is 10.7. The molecule has 0 spiro atoms. The number of hydrogen-bond donors (Lipinski definition) is 0. The number of halogens is 2. The molecule has 0 saturated carbocycles. The molecule has 3 nitrogen and oxygen atoms in total. The van der Waals surface area contributed by atoms with Crippen LogP contribution >= 0.6 is 0 Å². The van der Waals surface area contributed by atoms with Crippen LogP contribution in [0.25, 0.3) is 0 Å². The summed E-state index contributed by atoms with van der Waals surface area (Å²) < 4.78 is 31.8. The Morgan fingerprint density at radius 2 is 1.86 bits per heavy atom. The molecule has 0 aliphatic carbocycles. The SMILES string of the molecule is COc1cccc(F)c1C(=O)C(C#N)c1ccc(F)cc1. The van der Waals surface area contributed by atoms with Gasteiger partial charge in [0.05, 0.1) is 18.7 Å². The zero-order valence-corrected chi connectivity index (χ0v) is 11.1. The molecule has 5 heteroatoms. The highest BCUT2D eigenvalue weighted by Gasteiger charge is 2.27. The fourth-order valence-corrected chi connectivity index (χ4v) is 2.00. The first kappa shape index (κ1) is 14.7. The Hall–Kier alpha value is -2.74. The zero-order chi connectivity index (χ0) is 15.4. The minimum Gasteiger partial charge on any atom is -0.496 e. The lowest BCUT2D eigenvalue weighted by atomic mass is 9.91. The summed E-state index contributed by atoms with van der Waals surface area (Å²) >= 11 is 0. The maximum absolute atomic E-state index is 13.9. The number of rotatable bonds is 4. The molecule has 0 aromatic heterocycles. The number of carbonyl (C=O) groups is 1. The van der Waals surface area contributed by atoms with Gasteiger partial charge < -0.3 is 4.74 Å². The number of ether oxygens (including phenoxy) is 1. The fourth-order valence-electron chi connectivity index (χ4n) is 2.00. The molecule has 1 atom stereocenters. The number of Topliss-reactive ketones (excluding diaryl/α,β-unsaturated/α-hetero) is 1. The van der Waals surface area contributed by atoms with Crippen LogP contribution in [0.15, 0.2) is 42.5 Å². The summed E-state index contributed by atoms with van der Waals surface area (Å²) in [5, 5.41) is 9.21. The molecule has 106 valence electrons. The number of methoxy groups -OCH3 is 1. The van der Waals surface area contributed by atoms with Crippen LogP contribution in [0.2, 0.25) is 0 Å². The third-order valence-electron chi connectivity index (χ3n) is 3.04. The Morgan fingerprint density at radius 3 is 2.43 bits per heavy atom. The molecule has 0 aliphatic heterocycles. The highest BCUT2D eigenvalue weighted by atomic mass is 19.1. The van der Waals surface area contributed by atoms with Gasteiger partial charge in [-0.2, -0.15) is 5.26 Å². The topological polar surface area (TPSA) is 50.1 Å². The van der Waals surface area contributed by atoms with Gasteiger partial charge in [0.1, 0.15) is 23.3 Å². The molecule has 2 rings (SSSR count). The third kappa shape index (κ3) is 2.90. The van der Waals surface area contributed by atoms with Crippen LogP contribution in [0, 0.1) is 23.0 Å². The molecule has 21 heavy (non-hydrogen) atoms. The van der Waals surface area contributed by atoms with Crippen LogP contribution in [0.5, 0.6) is 5.75 Å². The van der Waals surface area contributed by atoms with E-state index >= 15 is 0 Å². The van der Waals surface area contributed by atoms with Crippen molar-refractivity contribution in [2.45, 2.75) is 5.92 Å². The molecule has 2 aromatic carbocycles. The minimum absolute atomic E-state index is 0.0577. The highest BCUT2D eigenvalue weighted by molar-refractivity contribution is 6.05. The number of ketones is 1. The number of nitriles is 1. The van der Waals surface area contributed by atoms with Crippen molar-refractivity contribution < 1.29 is 18.3 Å². The van der Waals surface area contributed by atoms with Gasteiger partial charge in [0.15, 0.2) is 5.78 Å². The first-order valence-corrected chi connectivity index (χ1v) is 6.10. The van der Waals surface area contributed by atoms with E-state index in [2.05, 4.69) is 0 Å². The lowest BCUT2D eigenvalue weighted by Gasteiger charge is -2.12. The second-order valence-corrected chi connectivity index (χ2v) is 4.30. The van der Waals surface area contributed by atoms with E-state index in [1.165, 1.54) is 31.4 Å². The van der Waals surface area contributed by atoms with Crippen LogP contribution in [-0.2, 0) is 0 Å². The van der Waals surface area contributed by atoms with Crippen molar-refractivity contribution in [3.8, 4) is 11.8 Å². The van der Waals surface area contributed by atoms with Gasteiger partial charge in [0, 0.05) is 0 Å². The number of carbonyl (C=O) groups excluding carboxylic acids is 1. The van der Waals surface area contributed by atoms with Gasteiger partial charge in [0.2, 0.25) is 0 Å². The molecular formula is C16H11F2NO2. The predicted molar refractivity (Wildman–Crippen MR) is 72.0 cm³/mol. The van der Waals surface area contributed by atoms with Crippen molar-refractivity contribution in [2.75, 3.05) is 7.11 Å². The highest BCUT2D eigenvalue weighted by Crippen LogP contribution is 2.28. The van der Waals surface area contributed by atoms with Crippen molar-refractivity contribution in [2.24, 2.45) is 0 Å². The molecule has 0 amide bonds. The summed E-state index contributed by atoms with van der Waals surface area (Å²) in [5.41, 5.74) is 0.0186. The fraction of sp³-hybridized carbons (Fsp3) is 0.125. The van der Waals surface area contributed by atoms with Crippen molar-refractivity contribution in [3.05, 3.63) is 65.2 Å². The van der Waals surface area contributed by atoms with Gasteiger partial charge in [-0.25, -0.2) is 8.78 Å². The quantitative estimate of drug-likeness (QED) is 0.809. The smallest absolute Gasteiger partial charge is 0.191 e. The molecule has 0 fully saturated rings. The van der Waals surface area contributed by atoms with Gasteiger partial charge in [-0.1, -0.05) is 18.2 Å². The van der Waals surface area contributed by atoms with Gasteiger partial charge in [-0.05, 0) is 29.8 Å². The zero-order valence-electron chi connectivity index (χ0n) is 11.1. The van der Waals surface area contributed by atoms with E-state index in [1.807, 2.05) is 6.07 Å². The Morgan fingerprint density at radius 1 is 1.19 bits per heavy atom. The predicted octanol–water partition coefficient (Wildman–Crippen LogP) is 3.46. The lowest BCUT2D eigenvalue weighted by molar-refractivity contribution is 0.0971. The molecular weight excluding hydrogens is 276 g/mol. The second-order valence-electron chi connectivity index (χ2n) is 4.30. The molecule has 0 bridgehead atoms. The maximum Gasteiger partial charge on any atom is 0.191 e. The van der Waals surface area contributed by atoms with Crippen LogP contribution in [0.4, 0.5) is 8.78 Å². The first-order chi connectivity index (χ1) is 10.1. The van der Waals surface area contributed by atoms with Crippen molar-refractivity contribution >= 4 is 5.78 Å². The minimum atomic E-state index is -1.23. The van der Waals surface area contributed by atoms with Gasteiger partial charge in [-0.3, -0.25) is 4.79 Å². The molecule has 0 radical (unpaired) electrons. The van der Waals surface area contributed by atoms with Crippen molar-refractivity contribution in [1.29, 1.82) is 5.26 Å². The van der Waals surface area contributed by atoms with E-state index in [1.54, 1.807) is 0 Å². The van der Waals surface area contributed by atoms with Crippen LogP contribution < -0.4 is 4.74 Å². The lowest BCUT2D eigenvalue weighted by Crippen LogP contribution is -2.14. The Kier molecular flexibility index (Phi) is 4.29. The maximum atomic E-state index is 13.9. The summed E-state index contributed by atoms with van der Waals surface area (Å²) in [5.74, 6) is -3.13. The normalized spacial score (nSPS) is 11.5. The van der Waals surface area contributed by atoms with Gasteiger partial charge in [-0.15, -0.1) is 0 Å². The second kappa shape index (κ2) is 6.14. The van der Waals surface area contributed by atoms with Crippen LogP contribution in [-0.4, -0.2) is 12.9 Å². The molecule has 0 aliphatic rings. The van der Waals surface area contributed by atoms with Crippen molar-refractivity contribution in [1.82, 2.24) is 0 Å². The van der Waals surface area contributed by atoms with Crippen LogP contribution in [0.3, 0.4) is 0 Å². The van der Waals surface area contributed by atoms with E-state index in [0.29, 0.717) is 5.56 Å². The standard InChI is InChI=1S/C16H11F2NO2/c1-21-14-4-2-3-13(18)15(14)16(20)12(9-19)10-5-7-11(17)8-6-10/h2-8,12H,1H3. The molecule has 0 heterocycles. The number of hydrogen-bond acceptors (Lipinski definition) is 3. The summed E-state index contributed by atoms with van der Waals surface area (Å²) in [6.07, 6.45) is 0. The van der Waals surface area contributed by atoms with Gasteiger partial charge in [0.25, 0.3) is 0 Å². The number of nitrogens with zero attached hydrogens (tertiary/aromatic N) is 1. The average Bonchev–Trinajstić information content (AvgIpc) is 2.49. The Bertz CT molecular complexity index is 705. The average molecular weight is 287 g/mol. The Labute approximate surface area is 120 Å². The molecule has 0 N–H and O–H groups in total. The monoisotopic (exact) mass is 287 g/mol. The van der Waals surface area contributed by atoms with E-state index in [0.717, 1.165) is 18.2 Å². The Balaban J connectivity index is 2.47. The summed E-state index contributed by atoms with van der Waals surface area (Å²) in [4.78, 5) is 12.4. The van der Waals surface area contributed by atoms with E-state index in [-0.39, 0.29) is 11.3 Å². The van der Waals surface area contributed by atoms with E-state index < -0.39 is 23.3 Å². The third-order valence-corrected chi connectivity index (χ3v) is 3.04. The first-order valence-electron chi connectivity index (χ1n) is 6.10.